The molecule has 0 heterocycles. The van der Waals surface area contributed by atoms with Crippen molar-refractivity contribution in [3.8, 4) is 0 Å². The number of hydrogen-bond acceptors (Lipinski definition) is 2. The van der Waals surface area contributed by atoms with Crippen molar-refractivity contribution < 1.29 is 0 Å². The lowest BCUT2D eigenvalue weighted by atomic mass is 9.88. The summed E-state index contributed by atoms with van der Waals surface area (Å²) in [5, 5.41) is 0.742. The molecule has 1 aromatic rings. The number of allylic oxidation sites excluding steroid dienone is 3. The predicted molar refractivity (Wildman–Crippen MR) is 87.4 cm³/mol. The molecule has 1 atom stereocenters. The van der Waals surface area contributed by atoms with E-state index in [-0.39, 0.29) is 5.92 Å². The Kier molecular flexibility index (Phi) is 4.66. The van der Waals surface area contributed by atoms with E-state index in [1.54, 1.807) is 0 Å². The summed E-state index contributed by atoms with van der Waals surface area (Å²) in [6.45, 7) is 7.96. The molecule has 1 saturated carbocycles. The van der Waals surface area contributed by atoms with E-state index in [9.17, 15) is 0 Å². The first kappa shape index (κ1) is 14.9. The first-order chi connectivity index (χ1) is 9.52. The van der Waals surface area contributed by atoms with Gasteiger partial charge in [-0.05, 0) is 43.5 Å². The number of aliphatic imine (C=N–C) groups is 1. The van der Waals surface area contributed by atoms with Gasteiger partial charge in [-0.25, -0.2) is 0 Å². The second kappa shape index (κ2) is 6.27. The number of nitrogens with zero attached hydrogens (tertiary/aromatic N) is 1. The average Bonchev–Trinajstić information content (AvgIpc) is 3.22. The van der Waals surface area contributed by atoms with E-state index in [4.69, 9.17) is 22.3 Å². The van der Waals surface area contributed by atoms with E-state index >= 15 is 0 Å². The zero-order valence-electron chi connectivity index (χ0n) is 12.1. The minimum atomic E-state index is 0.174. The van der Waals surface area contributed by atoms with Gasteiger partial charge in [-0.3, -0.25) is 4.99 Å². The molecule has 1 aliphatic rings. The van der Waals surface area contributed by atoms with E-state index in [0.29, 0.717) is 6.04 Å². The van der Waals surface area contributed by atoms with Crippen molar-refractivity contribution in [1.29, 1.82) is 0 Å². The van der Waals surface area contributed by atoms with Gasteiger partial charge in [0.2, 0.25) is 0 Å². The molecule has 3 heteroatoms. The predicted octanol–water partition coefficient (Wildman–Crippen LogP) is 4.47. The third-order valence-electron chi connectivity index (χ3n) is 3.57. The molecule has 0 spiro atoms. The van der Waals surface area contributed by atoms with E-state index in [2.05, 4.69) is 13.5 Å². The maximum Gasteiger partial charge on any atom is 0.0626 e. The second-order valence-electron chi connectivity index (χ2n) is 5.32. The molecule has 1 fully saturated rings. The lowest BCUT2D eigenvalue weighted by Crippen LogP contribution is -2.14. The van der Waals surface area contributed by atoms with Gasteiger partial charge in [0, 0.05) is 22.2 Å². The van der Waals surface area contributed by atoms with Crippen molar-refractivity contribution in [2.24, 2.45) is 10.7 Å². The van der Waals surface area contributed by atoms with Crippen molar-refractivity contribution >= 4 is 17.3 Å². The van der Waals surface area contributed by atoms with Gasteiger partial charge in [-0.15, -0.1) is 0 Å². The van der Waals surface area contributed by atoms with Gasteiger partial charge in [-0.2, -0.15) is 0 Å². The lowest BCUT2D eigenvalue weighted by Gasteiger charge is -2.19. The van der Waals surface area contributed by atoms with Gasteiger partial charge in [-0.1, -0.05) is 37.2 Å². The second-order valence-corrected chi connectivity index (χ2v) is 5.76. The minimum absolute atomic E-state index is 0.174. The Morgan fingerprint density at radius 2 is 2.00 bits per heavy atom. The first-order valence-corrected chi connectivity index (χ1v) is 7.33. The highest BCUT2D eigenvalue weighted by Crippen LogP contribution is 2.30. The number of hydrogen-bond donors (Lipinski definition) is 1. The Balaban J connectivity index is 2.35. The molecule has 2 N–H and O–H groups in total. The average molecular weight is 289 g/mol. The molecule has 0 amide bonds. The van der Waals surface area contributed by atoms with Crippen LogP contribution in [0.1, 0.15) is 38.2 Å². The Labute approximate surface area is 126 Å². The summed E-state index contributed by atoms with van der Waals surface area (Å²) in [5.41, 5.74) is 10.1. The fraction of sp³-hybridized carbons (Fsp3) is 0.353. The molecule has 0 aromatic heterocycles. The lowest BCUT2D eigenvalue weighted by molar-refractivity contribution is 0.907. The van der Waals surface area contributed by atoms with E-state index in [0.717, 1.165) is 22.0 Å². The summed E-state index contributed by atoms with van der Waals surface area (Å²) in [6, 6.07) is 8.33. The summed E-state index contributed by atoms with van der Waals surface area (Å²) in [7, 11) is 0. The Morgan fingerprint density at radius 1 is 1.40 bits per heavy atom. The van der Waals surface area contributed by atoms with Crippen LogP contribution in [0.3, 0.4) is 0 Å². The maximum absolute atomic E-state index is 6.10. The van der Waals surface area contributed by atoms with Gasteiger partial charge in [0.25, 0.3) is 0 Å². The SMILES string of the molecule is C=CC(=NC1CC1)C(=C(C)N)C(C)c1ccc(Cl)cc1. The Morgan fingerprint density at radius 3 is 2.45 bits per heavy atom. The van der Waals surface area contributed by atoms with Crippen LogP contribution >= 0.6 is 11.6 Å². The molecule has 0 bridgehead atoms. The van der Waals surface area contributed by atoms with Crippen LogP contribution in [0.5, 0.6) is 0 Å². The van der Waals surface area contributed by atoms with E-state index < -0.39 is 0 Å². The topological polar surface area (TPSA) is 38.4 Å². The first-order valence-electron chi connectivity index (χ1n) is 6.95. The fourth-order valence-corrected chi connectivity index (χ4v) is 2.44. The van der Waals surface area contributed by atoms with E-state index in [1.165, 1.54) is 18.4 Å². The zero-order valence-corrected chi connectivity index (χ0v) is 12.8. The summed E-state index contributed by atoms with van der Waals surface area (Å²) >= 11 is 5.95. The molecule has 2 nitrogen and oxygen atoms in total. The van der Waals surface area contributed by atoms with Gasteiger partial charge in [0.15, 0.2) is 0 Å². The number of benzene rings is 1. The van der Waals surface area contributed by atoms with Crippen LogP contribution in [0.25, 0.3) is 0 Å². The van der Waals surface area contributed by atoms with Crippen LogP contribution in [0.2, 0.25) is 5.02 Å². The monoisotopic (exact) mass is 288 g/mol. The van der Waals surface area contributed by atoms with Crippen LogP contribution in [-0.2, 0) is 0 Å². The normalized spacial score (nSPS) is 18.4. The van der Waals surface area contributed by atoms with Gasteiger partial charge in [0.05, 0.1) is 11.8 Å². The molecular weight excluding hydrogens is 268 g/mol. The zero-order chi connectivity index (χ0) is 14.7. The molecule has 0 aliphatic heterocycles. The Hall–Kier alpha value is -1.54. The highest BCUT2D eigenvalue weighted by molar-refractivity contribution is 6.30. The third kappa shape index (κ3) is 3.51. The van der Waals surface area contributed by atoms with Crippen molar-refractivity contribution in [2.45, 2.75) is 38.6 Å². The molecular formula is C17H21ClN2. The third-order valence-corrected chi connectivity index (χ3v) is 3.82. The summed E-state index contributed by atoms with van der Waals surface area (Å²) < 4.78 is 0. The smallest absolute Gasteiger partial charge is 0.0626 e. The molecule has 106 valence electrons. The van der Waals surface area contributed by atoms with Crippen LogP contribution in [0.4, 0.5) is 0 Å². The van der Waals surface area contributed by atoms with Gasteiger partial charge < -0.3 is 5.73 Å². The summed E-state index contributed by atoms with van der Waals surface area (Å²) in [4.78, 5) is 4.73. The van der Waals surface area contributed by atoms with Crippen molar-refractivity contribution in [3.63, 3.8) is 0 Å². The van der Waals surface area contributed by atoms with Crippen LogP contribution in [0, 0.1) is 0 Å². The molecule has 20 heavy (non-hydrogen) atoms. The minimum Gasteiger partial charge on any atom is -0.402 e. The highest BCUT2D eigenvalue weighted by atomic mass is 35.5. The number of nitrogens with two attached hydrogens (primary N) is 1. The number of rotatable bonds is 5. The van der Waals surface area contributed by atoms with Gasteiger partial charge in [0.1, 0.15) is 0 Å². The molecule has 1 unspecified atom stereocenters. The van der Waals surface area contributed by atoms with Crippen LogP contribution in [0.15, 0.2) is 53.2 Å². The standard InChI is InChI=1S/C17H21ClN2/c1-4-16(20-15-9-10-15)17(12(3)19)11(2)13-5-7-14(18)8-6-13/h4-8,11,15H,1,9-10,19H2,2-3H3. The summed E-state index contributed by atoms with van der Waals surface area (Å²) in [6.07, 6.45) is 4.16. The quantitative estimate of drug-likeness (QED) is 0.798. The summed E-state index contributed by atoms with van der Waals surface area (Å²) in [5.74, 6) is 0.174. The van der Waals surface area contributed by atoms with E-state index in [1.807, 2.05) is 37.3 Å². The Bertz CT molecular complexity index is 547. The molecule has 1 aromatic carbocycles. The molecule has 1 aliphatic carbocycles. The molecule has 2 rings (SSSR count). The largest absolute Gasteiger partial charge is 0.402 e. The molecule has 0 radical (unpaired) electrons. The number of halogens is 1. The highest BCUT2D eigenvalue weighted by Gasteiger charge is 2.23. The van der Waals surface area contributed by atoms with Gasteiger partial charge >= 0.3 is 0 Å². The van der Waals surface area contributed by atoms with Crippen molar-refractivity contribution in [3.05, 3.63) is 58.8 Å². The maximum atomic E-state index is 6.10. The van der Waals surface area contributed by atoms with Crippen molar-refractivity contribution in [2.75, 3.05) is 0 Å². The molecule has 0 saturated heterocycles. The fourth-order valence-electron chi connectivity index (χ4n) is 2.32. The van der Waals surface area contributed by atoms with Crippen molar-refractivity contribution in [1.82, 2.24) is 0 Å². The van der Waals surface area contributed by atoms with Crippen LogP contribution in [-0.4, -0.2) is 11.8 Å². The van der Waals surface area contributed by atoms with Crippen LogP contribution < -0.4 is 5.73 Å².